The van der Waals surface area contributed by atoms with Gasteiger partial charge in [-0.25, -0.2) is 4.39 Å². The van der Waals surface area contributed by atoms with Gasteiger partial charge in [0.2, 0.25) is 5.82 Å². The summed E-state index contributed by atoms with van der Waals surface area (Å²) in [5.41, 5.74) is 0. The molecular formula is C14H21F2NO. The number of benzene rings is 1. The Labute approximate surface area is 107 Å². The molecule has 0 heterocycles. The fourth-order valence-electron chi connectivity index (χ4n) is 1.72. The lowest BCUT2D eigenvalue weighted by Gasteiger charge is -2.19. The molecule has 1 atom stereocenters. The minimum atomic E-state index is -0.908. The second kappa shape index (κ2) is 8.03. The van der Waals surface area contributed by atoms with Gasteiger partial charge in [0.25, 0.3) is 0 Å². The molecule has 0 radical (unpaired) electrons. The Hall–Kier alpha value is -1.16. The van der Waals surface area contributed by atoms with Gasteiger partial charge in [-0.3, -0.25) is 0 Å². The average molecular weight is 257 g/mol. The molecule has 0 aliphatic heterocycles. The van der Waals surface area contributed by atoms with Crippen LogP contribution in [0.15, 0.2) is 18.2 Å². The Kier molecular flexibility index (Phi) is 6.65. The molecule has 102 valence electrons. The number of halogens is 2. The molecule has 2 nitrogen and oxygen atoms in total. The summed E-state index contributed by atoms with van der Waals surface area (Å²) in [6.45, 7) is 5.67. The van der Waals surface area contributed by atoms with Crippen LogP contribution in [0.4, 0.5) is 8.78 Å². The summed E-state index contributed by atoms with van der Waals surface area (Å²) in [7, 11) is 0. The van der Waals surface area contributed by atoms with Gasteiger partial charge in [-0.1, -0.05) is 26.3 Å². The van der Waals surface area contributed by atoms with Crippen LogP contribution >= 0.6 is 0 Å². The second-order valence-electron chi connectivity index (χ2n) is 4.28. The number of ether oxygens (including phenoxy) is 1. The predicted octanol–water partition coefficient (Wildman–Crippen LogP) is 3.51. The fourth-order valence-corrected chi connectivity index (χ4v) is 1.72. The van der Waals surface area contributed by atoms with E-state index in [4.69, 9.17) is 4.74 Å². The van der Waals surface area contributed by atoms with E-state index in [9.17, 15) is 8.78 Å². The van der Waals surface area contributed by atoms with E-state index in [-0.39, 0.29) is 11.9 Å². The standard InChI is InChI=1S/C14H21F2NO/c1-3-6-11(10-17-9-4-2)18-13-8-5-7-12(15)14(13)16/h5,7-8,11,17H,3-4,6,9-10H2,1-2H3. The number of rotatable bonds is 8. The van der Waals surface area contributed by atoms with Crippen molar-refractivity contribution in [2.24, 2.45) is 0 Å². The summed E-state index contributed by atoms with van der Waals surface area (Å²) >= 11 is 0. The van der Waals surface area contributed by atoms with Crippen LogP contribution in [0, 0.1) is 11.6 Å². The highest BCUT2D eigenvalue weighted by Crippen LogP contribution is 2.21. The molecule has 0 amide bonds. The summed E-state index contributed by atoms with van der Waals surface area (Å²) in [6.07, 6.45) is 2.66. The number of hydrogen-bond acceptors (Lipinski definition) is 2. The Morgan fingerprint density at radius 3 is 2.67 bits per heavy atom. The van der Waals surface area contributed by atoms with Crippen molar-refractivity contribution in [1.82, 2.24) is 5.32 Å². The quantitative estimate of drug-likeness (QED) is 0.719. The molecule has 1 aromatic rings. The van der Waals surface area contributed by atoms with Crippen molar-refractivity contribution < 1.29 is 13.5 Å². The van der Waals surface area contributed by atoms with E-state index in [0.717, 1.165) is 31.9 Å². The van der Waals surface area contributed by atoms with Crippen molar-refractivity contribution in [2.75, 3.05) is 13.1 Å². The van der Waals surface area contributed by atoms with Crippen LogP contribution in [0.25, 0.3) is 0 Å². The van der Waals surface area contributed by atoms with Crippen molar-refractivity contribution in [3.05, 3.63) is 29.8 Å². The topological polar surface area (TPSA) is 21.3 Å². The van der Waals surface area contributed by atoms with E-state index in [2.05, 4.69) is 12.2 Å². The van der Waals surface area contributed by atoms with Crippen LogP contribution < -0.4 is 10.1 Å². The van der Waals surface area contributed by atoms with Crippen LogP contribution in [0.3, 0.4) is 0 Å². The van der Waals surface area contributed by atoms with Crippen LogP contribution in [0.5, 0.6) is 5.75 Å². The Balaban J connectivity index is 2.61. The molecule has 0 aliphatic rings. The van der Waals surface area contributed by atoms with Crippen molar-refractivity contribution in [1.29, 1.82) is 0 Å². The summed E-state index contributed by atoms with van der Waals surface area (Å²) in [4.78, 5) is 0. The van der Waals surface area contributed by atoms with Gasteiger partial charge in [-0.15, -0.1) is 0 Å². The molecule has 1 rings (SSSR count). The third-order valence-corrected chi connectivity index (χ3v) is 2.62. The molecule has 18 heavy (non-hydrogen) atoms. The highest BCUT2D eigenvalue weighted by molar-refractivity contribution is 5.25. The molecule has 0 spiro atoms. The lowest BCUT2D eigenvalue weighted by Crippen LogP contribution is -2.32. The van der Waals surface area contributed by atoms with E-state index >= 15 is 0 Å². The van der Waals surface area contributed by atoms with Gasteiger partial charge < -0.3 is 10.1 Å². The van der Waals surface area contributed by atoms with Crippen LogP contribution in [-0.4, -0.2) is 19.2 Å². The maximum Gasteiger partial charge on any atom is 0.200 e. The normalized spacial score (nSPS) is 12.4. The van der Waals surface area contributed by atoms with E-state index in [1.807, 2.05) is 6.92 Å². The molecule has 1 aromatic carbocycles. The van der Waals surface area contributed by atoms with Crippen molar-refractivity contribution in [3.8, 4) is 5.75 Å². The largest absolute Gasteiger partial charge is 0.486 e. The first-order chi connectivity index (χ1) is 8.69. The molecule has 1 unspecified atom stereocenters. The van der Waals surface area contributed by atoms with Gasteiger partial charge in [0.05, 0.1) is 0 Å². The number of hydrogen-bond donors (Lipinski definition) is 1. The summed E-state index contributed by atoms with van der Waals surface area (Å²) in [5.74, 6) is -1.79. The van der Waals surface area contributed by atoms with Crippen molar-refractivity contribution in [3.63, 3.8) is 0 Å². The molecule has 1 N–H and O–H groups in total. The van der Waals surface area contributed by atoms with Gasteiger partial charge in [0, 0.05) is 6.54 Å². The van der Waals surface area contributed by atoms with Crippen LogP contribution in [0.2, 0.25) is 0 Å². The fraction of sp³-hybridized carbons (Fsp3) is 0.571. The minimum Gasteiger partial charge on any atom is -0.486 e. The first-order valence-corrected chi connectivity index (χ1v) is 6.50. The Morgan fingerprint density at radius 1 is 1.22 bits per heavy atom. The van der Waals surface area contributed by atoms with Gasteiger partial charge in [-0.05, 0) is 31.5 Å². The van der Waals surface area contributed by atoms with Crippen LogP contribution in [-0.2, 0) is 0 Å². The maximum absolute atomic E-state index is 13.5. The average Bonchev–Trinajstić information content (AvgIpc) is 2.35. The zero-order valence-electron chi connectivity index (χ0n) is 11.0. The molecular weight excluding hydrogens is 236 g/mol. The monoisotopic (exact) mass is 257 g/mol. The highest BCUT2D eigenvalue weighted by atomic mass is 19.2. The minimum absolute atomic E-state index is 0.00764. The summed E-state index contributed by atoms with van der Waals surface area (Å²) in [5, 5.41) is 3.23. The van der Waals surface area contributed by atoms with Crippen LogP contribution in [0.1, 0.15) is 33.1 Å². The molecule has 0 aliphatic carbocycles. The summed E-state index contributed by atoms with van der Waals surface area (Å²) in [6, 6.07) is 4.00. The van der Waals surface area contributed by atoms with Gasteiger partial charge in [0.1, 0.15) is 6.10 Å². The highest BCUT2D eigenvalue weighted by Gasteiger charge is 2.14. The van der Waals surface area contributed by atoms with E-state index in [1.165, 1.54) is 12.1 Å². The summed E-state index contributed by atoms with van der Waals surface area (Å²) < 4.78 is 32.1. The molecule has 0 saturated heterocycles. The van der Waals surface area contributed by atoms with Gasteiger partial charge in [0.15, 0.2) is 11.6 Å². The van der Waals surface area contributed by atoms with Gasteiger partial charge >= 0.3 is 0 Å². The smallest absolute Gasteiger partial charge is 0.200 e. The SMILES string of the molecule is CCCNCC(CCC)Oc1cccc(F)c1F. The van der Waals surface area contributed by atoms with Crippen molar-refractivity contribution >= 4 is 0 Å². The number of nitrogens with one attached hydrogen (secondary N) is 1. The van der Waals surface area contributed by atoms with E-state index in [0.29, 0.717) is 6.54 Å². The molecule has 4 heteroatoms. The van der Waals surface area contributed by atoms with E-state index < -0.39 is 11.6 Å². The Bertz CT molecular complexity index is 358. The third kappa shape index (κ3) is 4.61. The zero-order valence-corrected chi connectivity index (χ0v) is 11.0. The second-order valence-corrected chi connectivity index (χ2v) is 4.28. The van der Waals surface area contributed by atoms with Gasteiger partial charge in [-0.2, -0.15) is 4.39 Å². The zero-order chi connectivity index (χ0) is 13.4. The third-order valence-electron chi connectivity index (χ3n) is 2.62. The lowest BCUT2D eigenvalue weighted by molar-refractivity contribution is 0.177. The van der Waals surface area contributed by atoms with Crippen molar-refractivity contribution in [2.45, 2.75) is 39.2 Å². The molecule has 0 fully saturated rings. The molecule has 0 saturated carbocycles. The lowest BCUT2D eigenvalue weighted by atomic mass is 10.2. The molecule has 0 bridgehead atoms. The Morgan fingerprint density at radius 2 is 2.00 bits per heavy atom. The first-order valence-electron chi connectivity index (χ1n) is 6.50. The predicted molar refractivity (Wildman–Crippen MR) is 68.8 cm³/mol. The van der Waals surface area contributed by atoms with E-state index in [1.54, 1.807) is 0 Å². The first kappa shape index (κ1) is 14.9. The molecule has 0 aromatic heterocycles. The maximum atomic E-state index is 13.5.